The highest BCUT2D eigenvalue weighted by Crippen LogP contribution is 2.22. The van der Waals surface area contributed by atoms with Gasteiger partial charge < -0.3 is 4.74 Å². The first-order valence-corrected chi connectivity index (χ1v) is 3.95. The second-order valence-electron chi connectivity index (χ2n) is 2.74. The molecule has 0 bridgehead atoms. The van der Waals surface area contributed by atoms with Gasteiger partial charge in [-0.15, -0.1) is 0 Å². The van der Waals surface area contributed by atoms with Gasteiger partial charge in [-0.3, -0.25) is 0 Å². The molecule has 0 amide bonds. The minimum Gasteiger partial charge on any atom is -0.497 e. The molecule has 13 heavy (non-hydrogen) atoms. The van der Waals surface area contributed by atoms with Crippen LogP contribution in [0.25, 0.3) is 10.8 Å². The quantitative estimate of drug-likeness (QED) is 0.647. The molecule has 0 fully saturated rings. The van der Waals surface area contributed by atoms with Crippen LogP contribution in [0.15, 0.2) is 30.3 Å². The molecule has 65 valence electrons. The maximum atomic E-state index is 13.1. The van der Waals surface area contributed by atoms with Crippen molar-refractivity contribution < 1.29 is 9.13 Å². The lowest BCUT2D eigenvalue weighted by atomic mass is 10.1. The Labute approximate surface area is 75.8 Å². The number of ether oxygens (including phenoxy) is 1. The van der Waals surface area contributed by atoms with Gasteiger partial charge in [-0.1, -0.05) is 12.1 Å². The van der Waals surface area contributed by atoms with Gasteiger partial charge >= 0.3 is 0 Å². The zero-order valence-corrected chi connectivity index (χ0v) is 7.17. The largest absolute Gasteiger partial charge is 0.497 e. The van der Waals surface area contributed by atoms with Crippen LogP contribution in [-0.2, 0) is 0 Å². The molecule has 2 heteroatoms. The zero-order valence-electron chi connectivity index (χ0n) is 7.17. The van der Waals surface area contributed by atoms with Crippen LogP contribution in [0.1, 0.15) is 0 Å². The summed E-state index contributed by atoms with van der Waals surface area (Å²) in [7, 11) is 1.59. The summed E-state index contributed by atoms with van der Waals surface area (Å²) in [6.07, 6.45) is 0. The molecule has 0 saturated heterocycles. The minimum atomic E-state index is -0.319. The third kappa shape index (κ3) is 1.35. The van der Waals surface area contributed by atoms with Crippen LogP contribution in [0.2, 0.25) is 0 Å². The highest BCUT2D eigenvalue weighted by Gasteiger charge is 2.00. The summed E-state index contributed by atoms with van der Waals surface area (Å²) >= 11 is 0. The van der Waals surface area contributed by atoms with E-state index in [1.165, 1.54) is 0 Å². The van der Waals surface area contributed by atoms with Gasteiger partial charge in [0, 0.05) is 11.5 Å². The number of fused-ring (bicyclic) bond motifs is 1. The zero-order chi connectivity index (χ0) is 9.26. The molecule has 1 nitrogen and oxygen atoms in total. The van der Waals surface area contributed by atoms with Crippen LogP contribution in [0.4, 0.5) is 4.39 Å². The fourth-order valence-corrected chi connectivity index (χ4v) is 1.29. The Balaban J connectivity index is 2.72. The van der Waals surface area contributed by atoms with Crippen molar-refractivity contribution in [3.63, 3.8) is 0 Å². The van der Waals surface area contributed by atoms with E-state index in [0.29, 0.717) is 5.39 Å². The number of methoxy groups -OCH3 is 1. The average Bonchev–Trinajstić information content (AvgIpc) is 2.18. The summed E-state index contributed by atoms with van der Waals surface area (Å²) < 4.78 is 18.2. The molecule has 2 aromatic rings. The van der Waals surface area contributed by atoms with E-state index >= 15 is 0 Å². The molecule has 0 aliphatic carbocycles. The van der Waals surface area contributed by atoms with Gasteiger partial charge in [-0.05, 0) is 23.6 Å². The molecular weight excluding hydrogens is 167 g/mol. The Morgan fingerprint density at radius 1 is 1.31 bits per heavy atom. The van der Waals surface area contributed by atoms with Crippen molar-refractivity contribution in [2.75, 3.05) is 7.11 Å². The summed E-state index contributed by atoms with van der Waals surface area (Å²) in [4.78, 5) is 0. The first-order valence-electron chi connectivity index (χ1n) is 3.95. The number of benzene rings is 2. The van der Waals surface area contributed by atoms with Crippen LogP contribution in [0, 0.1) is 11.9 Å². The fraction of sp³-hybridized carbons (Fsp3) is 0.0909. The molecule has 2 rings (SSSR count). The molecular formula is C11H8FO. The topological polar surface area (TPSA) is 9.23 Å². The first kappa shape index (κ1) is 8.05. The van der Waals surface area contributed by atoms with Gasteiger partial charge in [-0.2, -0.15) is 0 Å². The lowest BCUT2D eigenvalue weighted by Gasteiger charge is -2.02. The number of hydrogen-bond donors (Lipinski definition) is 0. The van der Waals surface area contributed by atoms with Crippen LogP contribution in [0.5, 0.6) is 5.75 Å². The predicted molar refractivity (Wildman–Crippen MR) is 49.3 cm³/mol. The number of halogens is 1. The molecule has 1 radical (unpaired) electrons. The SMILES string of the molecule is COc1ccc2c(F)[c]ccc2c1. The third-order valence-corrected chi connectivity index (χ3v) is 1.97. The van der Waals surface area contributed by atoms with E-state index < -0.39 is 0 Å². The first-order chi connectivity index (χ1) is 6.31. The van der Waals surface area contributed by atoms with Gasteiger partial charge in [0.25, 0.3) is 0 Å². The molecule has 0 aliphatic rings. The molecule has 0 atom stereocenters. The monoisotopic (exact) mass is 175 g/mol. The maximum Gasteiger partial charge on any atom is 0.138 e. The van der Waals surface area contributed by atoms with Gasteiger partial charge in [0.15, 0.2) is 0 Å². The molecule has 0 heterocycles. The normalized spacial score (nSPS) is 10.3. The summed E-state index contributed by atoms with van der Waals surface area (Å²) in [5.41, 5.74) is 0. The molecule has 2 aromatic carbocycles. The van der Waals surface area contributed by atoms with Crippen LogP contribution in [0.3, 0.4) is 0 Å². The molecule has 0 unspecified atom stereocenters. The summed E-state index contributed by atoms with van der Waals surface area (Å²) in [5.74, 6) is 0.415. The smallest absolute Gasteiger partial charge is 0.138 e. The average molecular weight is 175 g/mol. The van der Waals surface area contributed by atoms with E-state index in [1.54, 1.807) is 37.4 Å². The predicted octanol–water partition coefficient (Wildman–Crippen LogP) is 2.79. The van der Waals surface area contributed by atoms with Crippen molar-refractivity contribution in [2.24, 2.45) is 0 Å². The number of rotatable bonds is 1. The highest BCUT2D eigenvalue weighted by atomic mass is 19.1. The molecule has 0 saturated carbocycles. The lowest BCUT2D eigenvalue weighted by Crippen LogP contribution is -1.84. The second-order valence-corrected chi connectivity index (χ2v) is 2.74. The Morgan fingerprint density at radius 3 is 2.92 bits per heavy atom. The van der Waals surface area contributed by atoms with Crippen LogP contribution >= 0.6 is 0 Å². The molecule has 0 aliphatic heterocycles. The Bertz CT molecular complexity index is 437. The number of hydrogen-bond acceptors (Lipinski definition) is 1. The van der Waals surface area contributed by atoms with Gasteiger partial charge in [0.1, 0.15) is 11.6 Å². The van der Waals surface area contributed by atoms with E-state index in [0.717, 1.165) is 11.1 Å². The van der Waals surface area contributed by atoms with E-state index in [9.17, 15) is 4.39 Å². The van der Waals surface area contributed by atoms with Crippen molar-refractivity contribution in [3.8, 4) is 5.75 Å². The summed E-state index contributed by atoms with van der Waals surface area (Å²) in [6.45, 7) is 0. The minimum absolute atomic E-state index is 0.319. The fourth-order valence-electron chi connectivity index (χ4n) is 1.29. The van der Waals surface area contributed by atoms with Crippen molar-refractivity contribution in [1.29, 1.82) is 0 Å². The Kier molecular flexibility index (Phi) is 1.89. The van der Waals surface area contributed by atoms with Crippen molar-refractivity contribution in [1.82, 2.24) is 0 Å². The highest BCUT2D eigenvalue weighted by molar-refractivity contribution is 5.84. The maximum absolute atomic E-state index is 13.1. The molecule has 0 aromatic heterocycles. The summed E-state index contributed by atoms with van der Waals surface area (Å²) in [5, 5.41) is 1.40. The standard InChI is InChI=1S/C11H8FO/c1-13-9-5-6-10-8(7-9)3-2-4-11(10)12/h2-3,5-7H,1H3. The van der Waals surface area contributed by atoms with Gasteiger partial charge in [0.05, 0.1) is 7.11 Å². The summed E-state index contributed by atoms with van der Waals surface area (Å²) in [6, 6.07) is 11.1. The Morgan fingerprint density at radius 2 is 2.15 bits per heavy atom. The van der Waals surface area contributed by atoms with Crippen molar-refractivity contribution in [3.05, 3.63) is 42.2 Å². The Hall–Kier alpha value is -1.57. The van der Waals surface area contributed by atoms with E-state index in [-0.39, 0.29) is 5.82 Å². The van der Waals surface area contributed by atoms with E-state index in [2.05, 4.69) is 6.07 Å². The van der Waals surface area contributed by atoms with Crippen LogP contribution in [-0.4, -0.2) is 7.11 Å². The molecule has 0 N–H and O–H groups in total. The van der Waals surface area contributed by atoms with E-state index in [4.69, 9.17) is 4.74 Å². The van der Waals surface area contributed by atoms with Gasteiger partial charge in [-0.25, -0.2) is 4.39 Å². The van der Waals surface area contributed by atoms with Gasteiger partial charge in [0.2, 0.25) is 0 Å². The van der Waals surface area contributed by atoms with Crippen molar-refractivity contribution >= 4 is 10.8 Å². The van der Waals surface area contributed by atoms with Crippen molar-refractivity contribution in [2.45, 2.75) is 0 Å². The lowest BCUT2D eigenvalue weighted by molar-refractivity contribution is 0.415. The molecule has 0 spiro atoms. The third-order valence-electron chi connectivity index (χ3n) is 1.97. The van der Waals surface area contributed by atoms with E-state index in [1.807, 2.05) is 0 Å². The van der Waals surface area contributed by atoms with Crippen LogP contribution < -0.4 is 4.74 Å². The second kappa shape index (κ2) is 3.05.